The van der Waals surface area contributed by atoms with Crippen LogP contribution in [0.15, 0.2) is 59.8 Å². The van der Waals surface area contributed by atoms with Crippen LogP contribution in [-0.4, -0.2) is 41.2 Å². The molecule has 0 spiro atoms. The highest BCUT2D eigenvalue weighted by Crippen LogP contribution is 2.36. The Bertz CT molecular complexity index is 919. The third kappa shape index (κ3) is 11.1. The lowest BCUT2D eigenvalue weighted by Crippen LogP contribution is -2.30. The summed E-state index contributed by atoms with van der Waals surface area (Å²) in [6.07, 6.45) is 14.0. The number of carbonyl (C=O) groups is 1. The third-order valence-corrected chi connectivity index (χ3v) is 7.34. The van der Waals surface area contributed by atoms with Gasteiger partial charge in [0.05, 0.1) is 24.8 Å². The molecule has 0 aliphatic heterocycles. The predicted molar refractivity (Wildman–Crippen MR) is 150 cm³/mol. The topological polar surface area (TPSA) is 88.4 Å². The van der Waals surface area contributed by atoms with E-state index in [9.17, 15) is 9.90 Å². The summed E-state index contributed by atoms with van der Waals surface area (Å²) in [6.45, 7) is 11.2. The molecule has 1 aromatic carbocycles. The number of rotatable bonds is 15. The maximum atomic E-state index is 11.0. The molecule has 1 aromatic rings. The van der Waals surface area contributed by atoms with Crippen molar-refractivity contribution in [3.05, 3.63) is 54.6 Å². The van der Waals surface area contributed by atoms with Gasteiger partial charge in [-0.05, 0) is 61.5 Å². The van der Waals surface area contributed by atoms with E-state index in [0.29, 0.717) is 19.6 Å². The number of hydrogen-bond donors (Lipinski definition) is 2. The van der Waals surface area contributed by atoms with Gasteiger partial charge in [-0.1, -0.05) is 88.7 Å². The number of ether oxygens (including phenoxy) is 1. The van der Waals surface area contributed by atoms with Crippen LogP contribution in [0.2, 0.25) is 0 Å². The molecule has 37 heavy (non-hydrogen) atoms. The van der Waals surface area contributed by atoms with Gasteiger partial charge in [-0.3, -0.25) is 4.79 Å². The first-order valence-electron chi connectivity index (χ1n) is 13.6. The molecule has 0 unspecified atom stereocenters. The molecular formula is C31H47NO5. The summed E-state index contributed by atoms with van der Waals surface area (Å²) < 4.78 is 5.78. The number of aliphatic hydroxyl groups excluding tert-OH is 1. The number of aliphatic hydroxyl groups is 1. The fraction of sp³-hybridized carbons (Fsp3) is 0.613. The molecule has 1 saturated carbocycles. The first-order chi connectivity index (χ1) is 17.4. The van der Waals surface area contributed by atoms with E-state index < -0.39 is 12.1 Å². The number of benzene rings is 1. The summed E-state index contributed by atoms with van der Waals surface area (Å²) in [4.78, 5) is 16.7. The largest absolute Gasteiger partial charge is 0.494 e. The van der Waals surface area contributed by atoms with Crippen molar-refractivity contribution >= 4 is 11.7 Å². The van der Waals surface area contributed by atoms with Gasteiger partial charge in [-0.25, -0.2) is 0 Å². The molecule has 0 saturated heterocycles. The van der Waals surface area contributed by atoms with Gasteiger partial charge in [0.1, 0.15) is 12.4 Å². The Labute approximate surface area is 223 Å². The minimum Gasteiger partial charge on any atom is -0.494 e. The van der Waals surface area contributed by atoms with E-state index in [2.05, 4.69) is 32.0 Å². The Kier molecular flexibility index (Phi) is 11.9. The van der Waals surface area contributed by atoms with E-state index in [1.54, 1.807) is 0 Å². The number of nitrogens with zero attached hydrogens (tertiary/aromatic N) is 1. The summed E-state index contributed by atoms with van der Waals surface area (Å²) in [7, 11) is 0. The Balaban J connectivity index is 1.85. The highest BCUT2D eigenvalue weighted by Gasteiger charge is 2.31. The van der Waals surface area contributed by atoms with Crippen LogP contribution in [0.25, 0.3) is 0 Å². The number of carboxylic acid groups (broad SMARTS) is 1. The normalized spacial score (nSPS) is 21.0. The molecule has 1 aliphatic carbocycles. The van der Waals surface area contributed by atoms with E-state index in [-0.39, 0.29) is 22.7 Å². The first-order valence-corrected chi connectivity index (χ1v) is 13.6. The Morgan fingerprint density at radius 3 is 2.54 bits per heavy atom. The van der Waals surface area contributed by atoms with E-state index in [1.165, 1.54) is 0 Å². The summed E-state index contributed by atoms with van der Waals surface area (Å²) in [6, 6.07) is 9.79. The molecule has 0 radical (unpaired) electrons. The van der Waals surface area contributed by atoms with Gasteiger partial charge in [-0.15, -0.1) is 0 Å². The van der Waals surface area contributed by atoms with Gasteiger partial charge in [-0.2, -0.15) is 0 Å². The molecule has 6 heteroatoms. The van der Waals surface area contributed by atoms with Crippen LogP contribution < -0.4 is 4.74 Å². The standard InChI is InChI=1S/C31H47NO5/c1-29(2,24-28(34)35)21-23-37-32-26-16-9-11-19-31(26,5)20-12-10-17-27(33)30(3,4)18-13-22-36-25-14-7-6-8-15-25/h6-8,10,12,14-15,17,20,27,33H,9,11,13,16,18-19,21-24H2,1-5H3,(H,34,35)/b17-10+,20-12+,32-26+/t27-,31-/m0/s1. The average Bonchev–Trinajstić information content (AvgIpc) is 2.83. The lowest BCUT2D eigenvalue weighted by Gasteiger charge is -2.32. The second-order valence-electron chi connectivity index (χ2n) is 11.9. The third-order valence-electron chi connectivity index (χ3n) is 7.34. The van der Waals surface area contributed by atoms with Crippen LogP contribution in [-0.2, 0) is 9.63 Å². The summed E-state index contributed by atoms with van der Waals surface area (Å²) in [5.74, 6) is 0.0809. The van der Waals surface area contributed by atoms with Gasteiger partial charge in [0.15, 0.2) is 0 Å². The predicted octanol–water partition coefficient (Wildman–Crippen LogP) is 7.19. The summed E-state index contributed by atoms with van der Waals surface area (Å²) >= 11 is 0. The van der Waals surface area contributed by atoms with Crippen LogP contribution >= 0.6 is 0 Å². The number of carboxylic acids is 1. The van der Waals surface area contributed by atoms with Crippen molar-refractivity contribution in [2.45, 2.75) is 92.1 Å². The quantitative estimate of drug-likeness (QED) is 0.147. The highest BCUT2D eigenvalue weighted by molar-refractivity contribution is 5.91. The fourth-order valence-corrected chi connectivity index (χ4v) is 4.57. The van der Waals surface area contributed by atoms with Gasteiger partial charge in [0.2, 0.25) is 0 Å². The smallest absolute Gasteiger partial charge is 0.303 e. The van der Waals surface area contributed by atoms with Gasteiger partial charge in [0, 0.05) is 5.41 Å². The summed E-state index contributed by atoms with van der Waals surface area (Å²) in [5.41, 5.74) is 0.261. The number of hydrogen-bond acceptors (Lipinski definition) is 5. The summed E-state index contributed by atoms with van der Waals surface area (Å²) in [5, 5.41) is 24.3. The van der Waals surface area contributed by atoms with Crippen LogP contribution in [0.1, 0.15) is 86.0 Å². The molecular weight excluding hydrogens is 466 g/mol. The first kappa shape index (κ1) is 30.6. The average molecular weight is 514 g/mol. The molecule has 1 aliphatic rings. The zero-order valence-corrected chi connectivity index (χ0v) is 23.4. The van der Waals surface area contributed by atoms with E-state index in [1.807, 2.05) is 62.4 Å². The number of oxime groups is 1. The zero-order valence-electron chi connectivity index (χ0n) is 23.4. The number of para-hydroxylation sites is 1. The van der Waals surface area contributed by atoms with E-state index in [4.69, 9.17) is 14.7 Å². The Hall–Kier alpha value is -2.60. The van der Waals surface area contributed by atoms with Crippen molar-refractivity contribution in [2.24, 2.45) is 21.4 Å². The zero-order chi connectivity index (χ0) is 27.4. The van der Waals surface area contributed by atoms with Crippen molar-refractivity contribution in [3.63, 3.8) is 0 Å². The minimum atomic E-state index is -0.792. The lowest BCUT2D eigenvalue weighted by atomic mass is 9.74. The maximum Gasteiger partial charge on any atom is 0.303 e. The van der Waals surface area contributed by atoms with Gasteiger partial charge < -0.3 is 19.8 Å². The molecule has 0 bridgehead atoms. The van der Waals surface area contributed by atoms with Gasteiger partial charge >= 0.3 is 5.97 Å². The monoisotopic (exact) mass is 513 g/mol. The van der Waals surface area contributed by atoms with Crippen molar-refractivity contribution in [1.82, 2.24) is 0 Å². The van der Waals surface area contributed by atoms with Crippen LogP contribution in [0, 0.1) is 16.2 Å². The van der Waals surface area contributed by atoms with Crippen molar-refractivity contribution < 1.29 is 24.6 Å². The highest BCUT2D eigenvalue weighted by atomic mass is 16.6. The molecule has 2 atom stereocenters. The minimum absolute atomic E-state index is 0.115. The molecule has 2 N–H and O–H groups in total. The fourth-order valence-electron chi connectivity index (χ4n) is 4.57. The van der Waals surface area contributed by atoms with Crippen molar-refractivity contribution in [3.8, 4) is 5.75 Å². The Morgan fingerprint density at radius 1 is 1.11 bits per heavy atom. The van der Waals surface area contributed by atoms with Crippen molar-refractivity contribution in [1.29, 1.82) is 0 Å². The molecule has 2 rings (SSSR count). The van der Waals surface area contributed by atoms with Crippen LogP contribution in [0.5, 0.6) is 5.75 Å². The molecule has 0 amide bonds. The maximum absolute atomic E-state index is 11.0. The SMILES string of the molecule is CC(C)(CCO/N=C1\CCCC[C@@]1(C)/C=C/C=C/[C@H](O)C(C)(C)CCCOc1ccccc1)CC(=O)O. The molecule has 0 heterocycles. The number of aliphatic carboxylic acids is 1. The second-order valence-corrected chi connectivity index (χ2v) is 11.9. The molecule has 0 aromatic heterocycles. The molecule has 1 fully saturated rings. The molecule has 6 nitrogen and oxygen atoms in total. The van der Waals surface area contributed by atoms with E-state index in [0.717, 1.165) is 50.0 Å². The van der Waals surface area contributed by atoms with Crippen molar-refractivity contribution in [2.75, 3.05) is 13.2 Å². The van der Waals surface area contributed by atoms with E-state index >= 15 is 0 Å². The Morgan fingerprint density at radius 2 is 1.84 bits per heavy atom. The van der Waals surface area contributed by atoms with Crippen LogP contribution in [0.4, 0.5) is 0 Å². The number of allylic oxidation sites excluding steroid dienone is 3. The lowest BCUT2D eigenvalue weighted by molar-refractivity contribution is -0.139. The van der Waals surface area contributed by atoms with Crippen LogP contribution in [0.3, 0.4) is 0 Å². The second kappa shape index (κ2) is 14.4. The van der Waals surface area contributed by atoms with Gasteiger partial charge in [0.25, 0.3) is 0 Å². The molecule has 206 valence electrons.